The first-order valence-electron chi connectivity index (χ1n) is 5.34. The molecule has 0 aromatic carbocycles. The Balaban J connectivity index is 2.28. The molecule has 1 aliphatic rings. The summed E-state index contributed by atoms with van der Waals surface area (Å²) in [6, 6.07) is 0.560. The van der Waals surface area contributed by atoms with Gasteiger partial charge in [-0.1, -0.05) is 6.42 Å². The number of likely N-dealkylation sites (tertiary alicyclic amines) is 1. The zero-order valence-electron chi connectivity index (χ0n) is 8.28. The fraction of sp³-hybridized carbons (Fsp3) is 1.00. The summed E-state index contributed by atoms with van der Waals surface area (Å²) in [5, 5.41) is 17.6. The summed E-state index contributed by atoms with van der Waals surface area (Å²) >= 11 is 0. The van der Waals surface area contributed by atoms with Gasteiger partial charge in [0.25, 0.3) is 0 Å². The number of aliphatic hydroxyl groups is 2. The molecule has 0 aromatic heterocycles. The van der Waals surface area contributed by atoms with Crippen LogP contribution in [0.2, 0.25) is 0 Å². The lowest BCUT2D eigenvalue weighted by Crippen LogP contribution is -2.40. The Hall–Kier alpha value is -0.120. The second kappa shape index (κ2) is 6.35. The van der Waals surface area contributed by atoms with Gasteiger partial charge in [0, 0.05) is 25.8 Å². The predicted molar refractivity (Wildman–Crippen MR) is 52.6 cm³/mol. The average Bonchev–Trinajstić information content (AvgIpc) is 2.17. The van der Waals surface area contributed by atoms with Crippen molar-refractivity contribution < 1.29 is 10.2 Å². The van der Waals surface area contributed by atoms with E-state index in [-0.39, 0.29) is 6.61 Å². The van der Waals surface area contributed by atoms with Crippen molar-refractivity contribution in [1.29, 1.82) is 0 Å². The quantitative estimate of drug-likeness (QED) is 0.662. The second-order valence-electron chi connectivity index (χ2n) is 3.78. The molecule has 1 aliphatic heterocycles. The number of aliphatic hydroxyl groups excluding tert-OH is 2. The zero-order valence-corrected chi connectivity index (χ0v) is 8.28. The maximum atomic E-state index is 8.89. The SMILES string of the molecule is OCCCN1CCCC[C@@H]1CCO. The van der Waals surface area contributed by atoms with Gasteiger partial charge in [0.1, 0.15) is 0 Å². The Morgan fingerprint density at radius 1 is 1.15 bits per heavy atom. The first-order chi connectivity index (χ1) is 6.38. The van der Waals surface area contributed by atoms with E-state index in [2.05, 4.69) is 4.90 Å². The van der Waals surface area contributed by atoms with E-state index in [4.69, 9.17) is 10.2 Å². The molecule has 0 aromatic rings. The van der Waals surface area contributed by atoms with Gasteiger partial charge in [0.2, 0.25) is 0 Å². The van der Waals surface area contributed by atoms with Crippen molar-refractivity contribution in [2.24, 2.45) is 0 Å². The third kappa shape index (κ3) is 3.63. The molecule has 3 heteroatoms. The van der Waals surface area contributed by atoms with E-state index in [1.54, 1.807) is 0 Å². The molecule has 0 radical (unpaired) electrons. The molecule has 0 unspecified atom stereocenters. The molecule has 1 heterocycles. The summed E-state index contributed by atoms with van der Waals surface area (Å²) in [6.45, 7) is 2.70. The van der Waals surface area contributed by atoms with Crippen molar-refractivity contribution in [3.05, 3.63) is 0 Å². The third-order valence-corrected chi connectivity index (χ3v) is 2.81. The smallest absolute Gasteiger partial charge is 0.0445 e. The van der Waals surface area contributed by atoms with Crippen LogP contribution < -0.4 is 0 Å². The number of hydrogen-bond acceptors (Lipinski definition) is 3. The van der Waals surface area contributed by atoms with Gasteiger partial charge in [-0.15, -0.1) is 0 Å². The Morgan fingerprint density at radius 3 is 2.69 bits per heavy atom. The minimum atomic E-state index is 0.280. The number of nitrogens with zero attached hydrogens (tertiary/aromatic N) is 1. The van der Waals surface area contributed by atoms with Crippen LogP contribution >= 0.6 is 0 Å². The van der Waals surface area contributed by atoms with Gasteiger partial charge in [-0.25, -0.2) is 0 Å². The van der Waals surface area contributed by atoms with Crippen LogP contribution in [0.3, 0.4) is 0 Å². The van der Waals surface area contributed by atoms with Crippen molar-refractivity contribution in [1.82, 2.24) is 4.90 Å². The molecule has 78 valence electrons. The van der Waals surface area contributed by atoms with Crippen LogP contribution in [-0.4, -0.2) is 47.5 Å². The number of hydrogen-bond donors (Lipinski definition) is 2. The third-order valence-electron chi connectivity index (χ3n) is 2.81. The van der Waals surface area contributed by atoms with Gasteiger partial charge in [-0.2, -0.15) is 0 Å². The highest BCUT2D eigenvalue weighted by Gasteiger charge is 2.20. The fourth-order valence-corrected chi connectivity index (χ4v) is 2.10. The average molecular weight is 187 g/mol. The highest BCUT2D eigenvalue weighted by Crippen LogP contribution is 2.19. The maximum absolute atomic E-state index is 8.89. The molecular weight excluding hydrogens is 166 g/mol. The molecule has 1 atom stereocenters. The van der Waals surface area contributed by atoms with E-state index >= 15 is 0 Å². The van der Waals surface area contributed by atoms with Crippen molar-refractivity contribution >= 4 is 0 Å². The van der Waals surface area contributed by atoms with Gasteiger partial charge < -0.3 is 15.1 Å². The molecular formula is C10H21NO2. The van der Waals surface area contributed by atoms with E-state index in [0.29, 0.717) is 12.6 Å². The summed E-state index contributed by atoms with van der Waals surface area (Å²) in [5.74, 6) is 0. The highest BCUT2D eigenvalue weighted by molar-refractivity contribution is 4.76. The minimum absolute atomic E-state index is 0.280. The first-order valence-corrected chi connectivity index (χ1v) is 5.34. The largest absolute Gasteiger partial charge is 0.396 e. The van der Waals surface area contributed by atoms with Crippen molar-refractivity contribution in [2.45, 2.75) is 38.1 Å². The van der Waals surface area contributed by atoms with E-state index in [1.807, 2.05) is 0 Å². The lowest BCUT2D eigenvalue weighted by atomic mass is 9.99. The molecule has 0 bridgehead atoms. The van der Waals surface area contributed by atoms with E-state index in [0.717, 1.165) is 25.9 Å². The van der Waals surface area contributed by atoms with Crippen molar-refractivity contribution in [3.63, 3.8) is 0 Å². The van der Waals surface area contributed by atoms with Crippen LogP contribution in [-0.2, 0) is 0 Å². The van der Waals surface area contributed by atoms with Crippen LogP contribution in [0.15, 0.2) is 0 Å². The standard InChI is InChI=1S/C10H21NO2/c12-8-3-7-11-6-2-1-4-10(11)5-9-13/h10,12-13H,1-9H2/t10-/m1/s1. The van der Waals surface area contributed by atoms with Gasteiger partial charge in [0.05, 0.1) is 0 Å². The van der Waals surface area contributed by atoms with Crippen LogP contribution in [0.5, 0.6) is 0 Å². The van der Waals surface area contributed by atoms with Crippen LogP contribution in [0.25, 0.3) is 0 Å². The number of piperidine rings is 1. The van der Waals surface area contributed by atoms with Gasteiger partial charge in [-0.3, -0.25) is 0 Å². The molecule has 1 rings (SSSR count). The van der Waals surface area contributed by atoms with Gasteiger partial charge in [-0.05, 0) is 32.2 Å². The van der Waals surface area contributed by atoms with E-state index in [9.17, 15) is 0 Å². The van der Waals surface area contributed by atoms with Crippen molar-refractivity contribution in [2.75, 3.05) is 26.3 Å². The normalized spacial score (nSPS) is 24.9. The fourth-order valence-electron chi connectivity index (χ4n) is 2.10. The molecule has 13 heavy (non-hydrogen) atoms. The van der Waals surface area contributed by atoms with Crippen LogP contribution in [0.1, 0.15) is 32.1 Å². The molecule has 0 spiro atoms. The maximum Gasteiger partial charge on any atom is 0.0445 e. The Morgan fingerprint density at radius 2 is 2.00 bits per heavy atom. The second-order valence-corrected chi connectivity index (χ2v) is 3.78. The molecule has 3 nitrogen and oxygen atoms in total. The molecule has 0 aliphatic carbocycles. The lowest BCUT2D eigenvalue weighted by Gasteiger charge is -2.35. The van der Waals surface area contributed by atoms with Gasteiger partial charge >= 0.3 is 0 Å². The first kappa shape index (κ1) is 11.0. The topological polar surface area (TPSA) is 43.7 Å². The number of rotatable bonds is 5. The molecule has 0 saturated carbocycles. The van der Waals surface area contributed by atoms with Gasteiger partial charge in [0.15, 0.2) is 0 Å². The van der Waals surface area contributed by atoms with E-state index in [1.165, 1.54) is 19.3 Å². The molecule has 2 N–H and O–H groups in total. The Bertz CT molecular complexity index is 128. The Kier molecular flexibility index (Phi) is 5.35. The van der Waals surface area contributed by atoms with E-state index < -0.39 is 0 Å². The summed E-state index contributed by atoms with van der Waals surface area (Å²) in [6.07, 6.45) is 5.53. The van der Waals surface area contributed by atoms with Crippen LogP contribution in [0, 0.1) is 0 Å². The van der Waals surface area contributed by atoms with Crippen molar-refractivity contribution in [3.8, 4) is 0 Å². The summed E-state index contributed by atoms with van der Waals surface area (Å²) in [5.41, 5.74) is 0. The summed E-state index contributed by atoms with van der Waals surface area (Å²) in [4.78, 5) is 2.41. The zero-order chi connectivity index (χ0) is 9.52. The molecule has 1 fully saturated rings. The highest BCUT2D eigenvalue weighted by atomic mass is 16.3. The summed E-state index contributed by atoms with van der Waals surface area (Å²) in [7, 11) is 0. The molecule has 0 amide bonds. The minimum Gasteiger partial charge on any atom is -0.396 e. The lowest BCUT2D eigenvalue weighted by molar-refractivity contribution is 0.110. The predicted octanol–water partition coefficient (Wildman–Crippen LogP) is 0.606. The van der Waals surface area contributed by atoms with Crippen LogP contribution in [0.4, 0.5) is 0 Å². The Labute approximate surface area is 80.4 Å². The monoisotopic (exact) mass is 187 g/mol. The summed E-state index contributed by atoms with van der Waals surface area (Å²) < 4.78 is 0. The molecule has 1 saturated heterocycles.